The smallest absolute Gasteiger partial charge is 0.217 e. The summed E-state index contributed by atoms with van der Waals surface area (Å²) in [5.74, 6) is 0. The van der Waals surface area contributed by atoms with Gasteiger partial charge in [-0.05, 0) is 33.6 Å². The Balaban J connectivity index is 3.04. The number of thiocarbonyl (C=S) groups is 1. The number of nitrogens with two attached hydrogens (primary N) is 1. The highest BCUT2D eigenvalue weighted by Crippen LogP contribution is 2.30. The molecule has 6 heteroatoms. The van der Waals surface area contributed by atoms with E-state index in [1.807, 2.05) is 0 Å². The van der Waals surface area contributed by atoms with Crippen molar-refractivity contribution in [3.8, 4) is 0 Å². The van der Waals surface area contributed by atoms with Crippen LogP contribution >= 0.6 is 12.2 Å². The molecule has 0 radical (unpaired) electrons. The molecule has 0 aromatic rings. The van der Waals surface area contributed by atoms with Crippen molar-refractivity contribution >= 4 is 27.2 Å². The van der Waals surface area contributed by atoms with E-state index in [9.17, 15) is 8.42 Å². The number of hydrogen-bond acceptors (Lipinski definition) is 3. The molecule has 1 saturated carbocycles. The van der Waals surface area contributed by atoms with E-state index in [2.05, 4.69) is 4.72 Å². The van der Waals surface area contributed by atoms with Gasteiger partial charge in [0.15, 0.2) is 0 Å². The number of hydrogen-bond donors (Lipinski definition) is 2. The Morgan fingerprint density at radius 1 is 1.17 bits per heavy atom. The Bertz CT molecular complexity index is 402. The molecule has 0 aliphatic heterocycles. The van der Waals surface area contributed by atoms with Crippen LogP contribution in [0.4, 0.5) is 0 Å². The van der Waals surface area contributed by atoms with Gasteiger partial charge in [-0.3, -0.25) is 0 Å². The van der Waals surface area contributed by atoms with Crippen LogP contribution in [-0.4, -0.2) is 23.7 Å². The zero-order valence-corrected chi connectivity index (χ0v) is 13.1. The van der Waals surface area contributed by atoms with Gasteiger partial charge in [-0.1, -0.05) is 37.9 Å². The SMILES string of the molecule is CC(C)(C)S(=O)(=O)NC1(C(N)=S)CCCCCC1. The van der Waals surface area contributed by atoms with Crippen LogP contribution in [0.15, 0.2) is 0 Å². The van der Waals surface area contributed by atoms with Crippen molar-refractivity contribution in [1.82, 2.24) is 4.72 Å². The van der Waals surface area contributed by atoms with Crippen molar-refractivity contribution in [3.63, 3.8) is 0 Å². The molecule has 1 aliphatic carbocycles. The predicted molar refractivity (Wildman–Crippen MR) is 79.0 cm³/mol. The number of nitrogens with one attached hydrogen (secondary N) is 1. The minimum Gasteiger partial charge on any atom is -0.392 e. The average molecular weight is 292 g/mol. The minimum absolute atomic E-state index is 0.275. The lowest BCUT2D eigenvalue weighted by molar-refractivity contribution is 0.431. The van der Waals surface area contributed by atoms with E-state index in [1.165, 1.54) is 0 Å². The minimum atomic E-state index is -3.43. The second-order valence-corrected chi connectivity index (χ2v) is 8.95. The van der Waals surface area contributed by atoms with Crippen LogP contribution in [0.2, 0.25) is 0 Å². The molecule has 0 amide bonds. The second kappa shape index (κ2) is 5.43. The van der Waals surface area contributed by atoms with Crippen molar-refractivity contribution < 1.29 is 8.42 Å². The lowest BCUT2D eigenvalue weighted by atomic mass is 9.91. The number of sulfonamides is 1. The molecule has 1 fully saturated rings. The summed E-state index contributed by atoms with van der Waals surface area (Å²) >= 11 is 5.13. The Morgan fingerprint density at radius 3 is 1.94 bits per heavy atom. The lowest BCUT2D eigenvalue weighted by Gasteiger charge is -2.35. The molecule has 18 heavy (non-hydrogen) atoms. The van der Waals surface area contributed by atoms with Gasteiger partial charge in [-0.25, -0.2) is 13.1 Å². The van der Waals surface area contributed by atoms with Gasteiger partial charge >= 0.3 is 0 Å². The van der Waals surface area contributed by atoms with Crippen molar-refractivity contribution in [3.05, 3.63) is 0 Å². The summed E-state index contributed by atoms with van der Waals surface area (Å²) in [6, 6.07) is 0. The van der Waals surface area contributed by atoms with Crippen molar-refractivity contribution in [2.75, 3.05) is 0 Å². The molecule has 0 bridgehead atoms. The molecule has 0 unspecified atom stereocenters. The first-order valence-electron chi connectivity index (χ1n) is 6.44. The first-order valence-corrected chi connectivity index (χ1v) is 8.33. The first-order chi connectivity index (χ1) is 8.11. The molecule has 4 nitrogen and oxygen atoms in total. The first kappa shape index (κ1) is 15.9. The average Bonchev–Trinajstić information content (AvgIpc) is 2.42. The van der Waals surface area contributed by atoms with Gasteiger partial charge in [0.25, 0.3) is 0 Å². The molecule has 3 N–H and O–H groups in total. The maximum atomic E-state index is 12.3. The maximum Gasteiger partial charge on any atom is 0.217 e. The van der Waals surface area contributed by atoms with Gasteiger partial charge in [0.05, 0.1) is 15.3 Å². The van der Waals surface area contributed by atoms with Gasteiger partial charge in [-0.2, -0.15) is 0 Å². The van der Waals surface area contributed by atoms with E-state index < -0.39 is 20.3 Å². The van der Waals surface area contributed by atoms with Crippen LogP contribution in [0.25, 0.3) is 0 Å². The Hall–Kier alpha value is -0.200. The van der Waals surface area contributed by atoms with Crippen LogP contribution in [-0.2, 0) is 10.0 Å². The summed E-state index contributed by atoms with van der Waals surface area (Å²) in [7, 11) is -3.43. The normalized spacial score (nSPS) is 21.3. The molecule has 0 aromatic heterocycles. The summed E-state index contributed by atoms with van der Waals surface area (Å²) < 4.78 is 26.6. The highest BCUT2D eigenvalue weighted by molar-refractivity contribution is 7.91. The van der Waals surface area contributed by atoms with E-state index >= 15 is 0 Å². The fraction of sp³-hybridized carbons (Fsp3) is 0.917. The van der Waals surface area contributed by atoms with Gasteiger partial charge in [0.1, 0.15) is 0 Å². The van der Waals surface area contributed by atoms with Crippen LogP contribution in [0.3, 0.4) is 0 Å². The van der Waals surface area contributed by atoms with Crippen LogP contribution in [0.5, 0.6) is 0 Å². The monoisotopic (exact) mass is 292 g/mol. The van der Waals surface area contributed by atoms with E-state index in [1.54, 1.807) is 20.8 Å². The molecule has 1 rings (SSSR count). The Labute approximate surface area is 116 Å². The summed E-state index contributed by atoms with van der Waals surface area (Å²) in [6.07, 6.45) is 5.56. The third-order valence-electron chi connectivity index (χ3n) is 3.56. The highest BCUT2D eigenvalue weighted by atomic mass is 32.2. The van der Waals surface area contributed by atoms with E-state index in [0.29, 0.717) is 12.8 Å². The molecule has 0 atom stereocenters. The predicted octanol–water partition coefficient (Wildman–Crippen LogP) is 2.08. The van der Waals surface area contributed by atoms with Gasteiger partial charge in [-0.15, -0.1) is 0 Å². The largest absolute Gasteiger partial charge is 0.392 e. The molecule has 0 spiro atoms. The van der Waals surface area contributed by atoms with Gasteiger partial charge < -0.3 is 5.73 Å². The third-order valence-corrected chi connectivity index (χ3v) is 6.23. The van der Waals surface area contributed by atoms with E-state index in [-0.39, 0.29) is 4.99 Å². The molecule has 0 heterocycles. The van der Waals surface area contributed by atoms with Crippen LogP contribution in [0.1, 0.15) is 59.3 Å². The Kier molecular flexibility index (Phi) is 4.78. The molecule has 0 saturated heterocycles. The lowest BCUT2D eigenvalue weighted by Crippen LogP contribution is -2.59. The maximum absolute atomic E-state index is 12.3. The summed E-state index contributed by atoms with van der Waals surface area (Å²) in [5.41, 5.74) is 5.10. The van der Waals surface area contributed by atoms with Crippen molar-refractivity contribution in [2.45, 2.75) is 69.6 Å². The van der Waals surface area contributed by atoms with Gasteiger partial charge in [0.2, 0.25) is 10.0 Å². The molecule has 0 aromatic carbocycles. The summed E-state index contributed by atoms with van der Waals surface area (Å²) in [6.45, 7) is 5.04. The second-order valence-electron chi connectivity index (χ2n) is 6.08. The zero-order chi connectivity index (χ0) is 14.0. The highest BCUT2D eigenvalue weighted by Gasteiger charge is 2.41. The molecular weight excluding hydrogens is 268 g/mol. The van der Waals surface area contributed by atoms with Gasteiger partial charge in [0, 0.05) is 0 Å². The molecule has 106 valence electrons. The van der Waals surface area contributed by atoms with E-state index in [4.69, 9.17) is 18.0 Å². The summed E-state index contributed by atoms with van der Waals surface area (Å²) in [4.78, 5) is 0.275. The Morgan fingerprint density at radius 2 is 1.61 bits per heavy atom. The molecule has 1 aliphatic rings. The van der Waals surface area contributed by atoms with Crippen LogP contribution < -0.4 is 10.5 Å². The quantitative estimate of drug-likeness (QED) is 0.617. The molecular formula is C12H24N2O2S2. The topological polar surface area (TPSA) is 72.2 Å². The fourth-order valence-electron chi connectivity index (χ4n) is 2.14. The van der Waals surface area contributed by atoms with Crippen LogP contribution in [0, 0.1) is 0 Å². The fourth-order valence-corrected chi connectivity index (χ4v) is 3.60. The van der Waals surface area contributed by atoms with Crippen molar-refractivity contribution in [1.29, 1.82) is 0 Å². The standard InChI is InChI=1S/C12H24N2O2S2/c1-11(2,3)18(15,16)14-12(10(13)17)8-6-4-5-7-9-12/h14H,4-9H2,1-3H3,(H2,13,17). The van der Waals surface area contributed by atoms with E-state index in [0.717, 1.165) is 25.7 Å². The number of rotatable bonds is 3. The summed E-state index contributed by atoms with van der Waals surface area (Å²) in [5, 5.41) is 0. The zero-order valence-electron chi connectivity index (χ0n) is 11.5. The van der Waals surface area contributed by atoms with Crippen molar-refractivity contribution in [2.24, 2.45) is 5.73 Å². The third kappa shape index (κ3) is 3.42.